The highest BCUT2D eigenvalue weighted by Crippen LogP contribution is 2.63. The number of halogens is 1. The van der Waals surface area contributed by atoms with E-state index in [1.165, 1.54) is 6.07 Å². The minimum atomic E-state index is -3.81. The molecule has 4 nitrogen and oxygen atoms in total. The largest absolute Gasteiger partial charge is 0.369 e. The SMILES string of the molecule is O=C1Nc2ccc(Cl)cc2C1(O)P(=O)(c1ccccc1)c1ccccc1. The first kappa shape index (κ1) is 17.0. The van der Waals surface area contributed by atoms with Crippen LogP contribution in [0.25, 0.3) is 0 Å². The molecule has 0 fully saturated rings. The van der Waals surface area contributed by atoms with Crippen LogP contribution in [-0.2, 0) is 14.7 Å². The van der Waals surface area contributed by atoms with E-state index >= 15 is 0 Å². The van der Waals surface area contributed by atoms with Crippen LogP contribution in [0.5, 0.6) is 0 Å². The van der Waals surface area contributed by atoms with E-state index in [1.807, 2.05) is 0 Å². The smallest absolute Gasteiger partial charge is 0.269 e. The fraction of sp³-hybridized carbons (Fsp3) is 0.0500. The summed E-state index contributed by atoms with van der Waals surface area (Å²) in [5, 5.41) is 13.2. The van der Waals surface area contributed by atoms with Gasteiger partial charge in [0.1, 0.15) is 0 Å². The van der Waals surface area contributed by atoms with Gasteiger partial charge in [0, 0.05) is 26.9 Å². The van der Waals surface area contributed by atoms with Gasteiger partial charge < -0.3 is 15.0 Å². The maximum atomic E-state index is 14.5. The molecule has 1 amide bonds. The van der Waals surface area contributed by atoms with Gasteiger partial charge in [0.25, 0.3) is 5.91 Å². The molecular weight excluding hydrogens is 369 g/mol. The highest BCUT2D eigenvalue weighted by atomic mass is 35.5. The maximum Gasteiger partial charge on any atom is 0.269 e. The average Bonchev–Trinajstić information content (AvgIpc) is 2.94. The summed E-state index contributed by atoms with van der Waals surface area (Å²) < 4.78 is 14.5. The van der Waals surface area contributed by atoms with Crippen LogP contribution in [0.1, 0.15) is 5.56 Å². The summed E-state index contributed by atoms with van der Waals surface area (Å²) in [6.07, 6.45) is 0. The molecule has 0 spiro atoms. The minimum Gasteiger partial charge on any atom is -0.369 e. The van der Waals surface area contributed by atoms with Crippen molar-refractivity contribution in [2.75, 3.05) is 5.32 Å². The zero-order chi connectivity index (χ0) is 18.4. The molecule has 1 heterocycles. The molecule has 0 radical (unpaired) electrons. The second kappa shape index (κ2) is 6.10. The Balaban J connectivity index is 2.07. The van der Waals surface area contributed by atoms with E-state index in [4.69, 9.17) is 11.6 Å². The Hall–Kier alpha value is -2.39. The van der Waals surface area contributed by atoms with Gasteiger partial charge in [0.05, 0.1) is 0 Å². The molecule has 4 rings (SSSR count). The molecule has 1 unspecified atom stereocenters. The molecule has 0 aliphatic carbocycles. The van der Waals surface area contributed by atoms with Crippen LogP contribution in [0.3, 0.4) is 0 Å². The molecule has 26 heavy (non-hydrogen) atoms. The molecule has 0 aromatic heterocycles. The summed E-state index contributed by atoms with van der Waals surface area (Å²) in [4.78, 5) is 12.9. The summed E-state index contributed by atoms with van der Waals surface area (Å²) in [7, 11) is -3.81. The molecular formula is C20H15ClNO3P. The highest BCUT2D eigenvalue weighted by Gasteiger charge is 2.60. The van der Waals surface area contributed by atoms with Gasteiger partial charge in [-0.3, -0.25) is 4.79 Å². The third-order valence-corrected chi connectivity index (χ3v) is 8.26. The maximum absolute atomic E-state index is 14.5. The van der Waals surface area contributed by atoms with Gasteiger partial charge in [0.2, 0.25) is 5.34 Å². The first-order chi connectivity index (χ1) is 12.5. The fourth-order valence-corrected chi connectivity index (χ4v) is 6.62. The normalized spacial score (nSPS) is 19.1. The summed E-state index contributed by atoms with van der Waals surface area (Å²) in [6, 6.07) is 21.9. The Morgan fingerprint density at radius 2 is 1.42 bits per heavy atom. The molecule has 3 aromatic carbocycles. The predicted octanol–water partition coefficient (Wildman–Crippen LogP) is 3.45. The zero-order valence-electron chi connectivity index (χ0n) is 13.6. The predicted molar refractivity (Wildman–Crippen MR) is 104 cm³/mol. The van der Waals surface area contributed by atoms with Gasteiger partial charge in [0.15, 0.2) is 7.14 Å². The van der Waals surface area contributed by atoms with Gasteiger partial charge in [-0.1, -0.05) is 72.3 Å². The number of carbonyl (C=O) groups excluding carboxylic acids is 1. The van der Waals surface area contributed by atoms with Crippen molar-refractivity contribution in [3.8, 4) is 0 Å². The molecule has 130 valence electrons. The number of amides is 1. The van der Waals surface area contributed by atoms with Crippen LogP contribution in [0.4, 0.5) is 5.69 Å². The van der Waals surface area contributed by atoms with Gasteiger partial charge in [-0.2, -0.15) is 0 Å². The van der Waals surface area contributed by atoms with E-state index in [1.54, 1.807) is 72.8 Å². The van der Waals surface area contributed by atoms with E-state index in [-0.39, 0.29) is 5.56 Å². The number of benzene rings is 3. The minimum absolute atomic E-state index is 0.228. The zero-order valence-corrected chi connectivity index (χ0v) is 15.2. The van der Waals surface area contributed by atoms with Crippen LogP contribution in [-0.4, -0.2) is 11.0 Å². The topological polar surface area (TPSA) is 66.4 Å². The molecule has 3 aromatic rings. The van der Waals surface area contributed by atoms with Crippen molar-refractivity contribution in [2.45, 2.75) is 5.34 Å². The number of hydrogen-bond acceptors (Lipinski definition) is 3. The number of carbonyl (C=O) groups is 1. The summed E-state index contributed by atoms with van der Waals surface area (Å²) in [5.74, 6) is -0.717. The summed E-state index contributed by atoms with van der Waals surface area (Å²) in [5.41, 5.74) is 0.639. The standard InChI is InChI=1S/C20H15ClNO3P/c21-14-11-12-18-17(13-14)20(24,19(23)22-18)26(25,15-7-3-1-4-8-15)16-9-5-2-6-10-16/h1-13,24H,(H,22,23). The molecule has 6 heteroatoms. The number of aliphatic hydroxyl groups is 1. The molecule has 1 aliphatic rings. The number of nitrogens with one attached hydrogen (secondary N) is 1. The van der Waals surface area contributed by atoms with Gasteiger partial charge in [-0.15, -0.1) is 0 Å². The monoisotopic (exact) mass is 383 g/mol. The lowest BCUT2D eigenvalue weighted by Crippen LogP contribution is -2.41. The first-order valence-corrected chi connectivity index (χ1v) is 10.1. The highest BCUT2D eigenvalue weighted by molar-refractivity contribution is 7.80. The van der Waals surface area contributed by atoms with Gasteiger partial charge >= 0.3 is 0 Å². The van der Waals surface area contributed by atoms with Crippen molar-refractivity contribution < 1.29 is 14.5 Å². The van der Waals surface area contributed by atoms with E-state index in [0.29, 0.717) is 21.3 Å². The van der Waals surface area contributed by atoms with Crippen molar-refractivity contribution in [3.05, 3.63) is 89.4 Å². The fourth-order valence-electron chi connectivity index (χ4n) is 3.36. The lowest BCUT2D eigenvalue weighted by molar-refractivity contribution is -0.126. The molecule has 0 saturated carbocycles. The van der Waals surface area contributed by atoms with Gasteiger partial charge in [-0.25, -0.2) is 0 Å². The number of anilines is 1. The van der Waals surface area contributed by atoms with Crippen LogP contribution in [0.15, 0.2) is 78.9 Å². The van der Waals surface area contributed by atoms with E-state index in [9.17, 15) is 14.5 Å². The summed E-state index contributed by atoms with van der Waals surface area (Å²) >= 11 is 6.10. The molecule has 1 atom stereocenters. The van der Waals surface area contributed by atoms with Crippen LogP contribution in [0.2, 0.25) is 5.02 Å². The molecule has 1 aliphatic heterocycles. The second-order valence-electron chi connectivity index (χ2n) is 6.10. The van der Waals surface area contributed by atoms with Crippen molar-refractivity contribution >= 4 is 40.9 Å². The Kier molecular flexibility index (Phi) is 4.00. The Bertz CT molecular complexity index is 996. The molecule has 0 bridgehead atoms. The number of hydrogen-bond donors (Lipinski definition) is 2. The summed E-state index contributed by atoms with van der Waals surface area (Å²) in [6.45, 7) is 0. The van der Waals surface area contributed by atoms with E-state index in [2.05, 4.69) is 5.32 Å². The van der Waals surface area contributed by atoms with Crippen LogP contribution < -0.4 is 15.9 Å². The van der Waals surface area contributed by atoms with Gasteiger partial charge in [-0.05, 0) is 18.2 Å². The third-order valence-electron chi connectivity index (χ3n) is 4.62. The second-order valence-corrected chi connectivity index (χ2v) is 9.43. The first-order valence-electron chi connectivity index (χ1n) is 8.03. The number of fused-ring (bicyclic) bond motifs is 1. The van der Waals surface area contributed by atoms with E-state index < -0.39 is 18.4 Å². The van der Waals surface area contributed by atoms with Crippen molar-refractivity contribution in [2.24, 2.45) is 0 Å². The molecule has 2 N–H and O–H groups in total. The quantitative estimate of drug-likeness (QED) is 0.681. The number of rotatable bonds is 3. The van der Waals surface area contributed by atoms with Crippen LogP contribution in [0, 0.1) is 0 Å². The van der Waals surface area contributed by atoms with Crippen LogP contribution >= 0.6 is 18.7 Å². The average molecular weight is 384 g/mol. The Labute approximate surface area is 155 Å². The third kappa shape index (κ3) is 2.27. The Morgan fingerprint density at radius 3 is 1.96 bits per heavy atom. The Morgan fingerprint density at radius 1 is 0.885 bits per heavy atom. The lowest BCUT2D eigenvalue weighted by atomic mass is 10.1. The lowest BCUT2D eigenvalue weighted by Gasteiger charge is -2.32. The molecule has 0 saturated heterocycles. The van der Waals surface area contributed by atoms with E-state index in [0.717, 1.165) is 0 Å². The van der Waals surface area contributed by atoms with Crippen molar-refractivity contribution in [1.82, 2.24) is 0 Å². The van der Waals surface area contributed by atoms with Crippen molar-refractivity contribution in [3.63, 3.8) is 0 Å². The van der Waals surface area contributed by atoms with Crippen molar-refractivity contribution in [1.29, 1.82) is 0 Å².